The van der Waals surface area contributed by atoms with Gasteiger partial charge in [-0.1, -0.05) is 38.1 Å². The first-order chi connectivity index (χ1) is 18.7. The van der Waals surface area contributed by atoms with Gasteiger partial charge < -0.3 is 19.5 Å². The minimum atomic E-state index is -0.958. The number of hydrogen-bond acceptors (Lipinski definition) is 7. The first-order valence-corrected chi connectivity index (χ1v) is 12.4. The maximum atomic E-state index is 13.0. The van der Waals surface area contributed by atoms with Crippen LogP contribution in [0.1, 0.15) is 30.7 Å². The Labute approximate surface area is 224 Å². The summed E-state index contributed by atoms with van der Waals surface area (Å²) in [5.74, 6) is 0.356. The van der Waals surface area contributed by atoms with Crippen LogP contribution in [0.4, 0.5) is 10.5 Å². The van der Waals surface area contributed by atoms with Gasteiger partial charge in [-0.3, -0.25) is 14.9 Å². The second kappa shape index (κ2) is 12.1. The van der Waals surface area contributed by atoms with Crippen LogP contribution in [-0.4, -0.2) is 40.8 Å². The Balaban J connectivity index is 1.46. The molecule has 39 heavy (non-hydrogen) atoms. The van der Waals surface area contributed by atoms with E-state index in [0.29, 0.717) is 17.1 Å². The SMILES string of the molecule is Cc1ccc([N+](=O)[O-])cc1-c1ccc(/C=N/NC(=O)C(Cc2c[nH]c3ccccc23)NC(=O)OCC(C)C)o1. The largest absolute Gasteiger partial charge is 0.455 e. The lowest BCUT2D eigenvalue weighted by atomic mass is 10.0. The summed E-state index contributed by atoms with van der Waals surface area (Å²) < 4.78 is 11.0. The molecule has 0 bridgehead atoms. The molecule has 0 spiro atoms. The molecule has 0 fully saturated rings. The van der Waals surface area contributed by atoms with Crippen LogP contribution in [-0.2, 0) is 16.0 Å². The molecular formula is C28H29N5O6. The van der Waals surface area contributed by atoms with E-state index < -0.39 is 23.0 Å². The van der Waals surface area contributed by atoms with Crippen LogP contribution in [0.25, 0.3) is 22.2 Å². The number of hydrogen-bond donors (Lipinski definition) is 3. The standard InChI is InChI=1S/C28H29N5O6/c1-17(2)16-38-28(35)31-25(12-19-14-29-24-7-5-4-6-22(19)24)27(34)32-30-15-21-10-11-26(39-21)23-13-20(33(36)37)9-8-18(23)3/h4-11,13-15,17,25,29H,12,16H2,1-3H3,(H,31,35)(H,32,34)/b30-15+. The number of aromatic nitrogens is 1. The summed E-state index contributed by atoms with van der Waals surface area (Å²) >= 11 is 0. The summed E-state index contributed by atoms with van der Waals surface area (Å²) in [4.78, 5) is 39.2. The Morgan fingerprint density at radius 3 is 2.74 bits per heavy atom. The molecule has 1 unspecified atom stereocenters. The molecule has 0 aliphatic heterocycles. The van der Waals surface area contributed by atoms with E-state index in [1.165, 1.54) is 18.3 Å². The third kappa shape index (κ3) is 6.89. The number of nitrogens with zero attached hydrogens (tertiary/aromatic N) is 2. The number of non-ortho nitro benzene ring substituents is 1. The zero-order valence-electron chi connectivity index (χ0n) is 21.8. The van der Waals surface area contributed by atoms with Gasteiger partial charge in [0.05, 0.1) is 17.7 Å². The van der Waals surface area contributed by atoms with E-state index in [4.69, 9.17) is 9.15 Å². The van der Waals surface area contributed by atoms with Gasteiger partial charge in [-0.05, 0) is 42.2 Å². The van der Waals surface area contributed by atoms with Gasteiger partial charge in [0.15, 0.2) is 0 Å². The minimum Gasteiger partial charge on any atom is -0.455 e. The van der Waals surface area contributed by atoms with Crippen molar-refractivity contribution in [2.45, 2.75) is 33.2 Å². The normalized spacial score (nSPS) is 12.1. The van der Waals surface area contributed by atoms with Gasteiger partial charge in [0.1, 0.15) is 17.6 Å². The average molecular weight is 532 g/mol. The van der Waals surface area contributed by atoms with Crippen molar-refractivity contribution in [3.63, 3.8) is 0 Å². The van der Waals surface area contributed by atoms with E-state index in [9.17, 15) is 19.7 Å². The summed E-state index contributed by atoms with van der Waals surface area (Å²) in [6.45, 7) is 5.87. The third-order valence-electron chi connectivity index (χ3n) is 5.95. The van der Waals surface area contributed by atoms with Gasteiger partial charge in [-0.25, -0.2) is 10.2 Å². The van der Waals surface area contributed by atoms with Crippen LogP contribution in [0.15, 0.2) is 70.3 Å². The highest BCUT2D eigenvalue weighted by atomic mass is 16.6. The lowest BCUT2D eigenvalue weighted by molar-refractivity contribution is -0.384. The van der Waals surface area contributed by atoms with Gasteiger partial charge in [-0.2, -0.15) is 5.10 Å². The highest BCUT2D eigenvalue weighted by Crippen LogP contribution is 2.29. The van der Waals surface area contributed by atoms with Crippen LogP contribution in [0.5, 0.6) is 0 Å². The van der Waals surface area contributed by atoms with E-state index in [2.05, 4.69) is 20.8 Å². The second-order valence-corrected chi connectivity index (χ2v) is 9.45. The lowest BCUT2D eigenvalue weighted by Gasteiger charge is -2.17. The first kappa shape index (κ1) is 27.1. The smallest absolute Gasteiger partial charge is 0.407 e. The molecule has 2 amide bonds. The Bertz CT molecular complexity index is 1520. The van der Waals surface area contributed by atoms with Gasteiger partial charge in [0, 0.05) is 41.2 Å². The number of benzene rings is 2. The summed E-state index contributed by atoms with van der Waals surface area (Å²) in [5, 5.41) is 18.7. The highest BCUT2D eigenvalue weighted by Gasteiger charge is 2.23. The molecule has 1 atom stereocenters. The Kier molecular flexibility index (Phi) is 8.40. The predicted molar refractivity (Wildman–Crippen MR) is 146 cm³/mol. The fraction of sp³-hybridized carbons (Fsp3) is 0.250. The predicted octanol–water partition coefficient (Wildman–Crippen LogP) is 5.09. The molecule has 3 N–H and O–H groups in total. The van der Waals surface area contributed by atoms with E-state index in [-0.39, 0.29) is 24.6 Å². The third-order valence-corrected chi connectivity index (χ3v) is 5.95. The molecule has 4 rings (SSSR count). The number of para-hydroxylation sites is 1. The highest BCUT2D eigenvalue weighted by molar-refractivity contribution is 5.89. The van der Waals surface area contributed by atoms with E-state index in [1.54, 1.807) is 24.4 Å². The number of H-pyrrole nitrogens is 1. The summed E-state index contributed by atoms with van der Waals surface area (Å²) in [7, 11) is 0. The number of aryl methyl sites for hydroxylation is 1. The van der Waals surface area contributed by atoms with Crippen molar-refractivity contribution in [2.75, 3.05) is 6.61 Å². The van der Waals surface area contributed by atoms with Crippen LogP contribution in [0, 0.1) is 23.0 Å². The Morgan fingerprint density at radius 2 is 1.97 bits per heavy atom. The van der Waals surface area contributed by atoms with Crippen molar-refractivity contribution in [1.29, 1.82) is 0 Å². The topological polar surface area (TPSA) is 152 Å². The Morgan fingerprint density at radius 1 is 1.18 bits per heavy atom. The number of amides is 2. The van der Waals surface area contributed by atoms with Crippen molar-refractivity contribution in [3.8, 4) is 11.3 Å². The van der Waals surface area contributed by atoms with Crippen LogP contribution < -0.4 is 10.7 Å². The number of carbonyl (C=O) groups is 2. The number of furan rings is 1. The Hall–Kier alpha value is -4.93. The van der Waals surface area contributed by atoms with Gasteiger partial charge >= 0.3 is 6.09 Å². The molecule has 2 aromatic heterocycles. The lowest BCUT2D eigenvalue weighted by Crippen LogP contribution is -2.47. The quantitative estimate of drug-likeness (QED) is 0.147. The molecule has 4 aromatic rings. The fourth-order valence-electron chi connectivity index (χ4n) is 3.95. The van der Waals surface area contributed by atoms with Crippen molar-refractivity contribution in [3.05, 3.63) is 87.8 Å². The number of nitro benzene ring substituents is 1. The summed E-state index contributed by atoms with van der Waals surface area (Å²) in [6.07, 6.45) is 2.62. The zero-order chi connectivity index (χ0) is 27.9. The molecule has 11 heteroatoms. The second-order valence-electron chi connectivity index (χ2n) is 9.45. The van der Waals surface area contributed by atoms with Crippen molar-refractivity contribution >= 4 is 34.8 Å². The van der Waals surface area contributed by atoms with E-state index in [0.717, 1.165) is 22.0 Å². The number of ether oxygens (including phenoxy) is 1. The number of nitrogens with one attached hydrogen (secondary N) is 3. The molecule has 0 saturated heterocycles. The molecule has 2 aromatic carbocycles. The monoisotopic (exact) mass is 531 g/mol. The van der Waals surface area contributed by atoms with E-state index >= 15 is 0 Å². The molecule has 0 saturated carbocycles. The fourth-order valence-corrected chi connectivity index (χ4v) is 3.95. The molecular weight excluding hydrogens is 502 g/mol. The maximum Gasteiger partial charge on any atom is 0.407 e. The zero-order valence-corrected chi connectivity index (χ0v) is 21.8. The number of alkyl carbamates (subject to hydrolysis) is 1. The molecule has 202 valence electrons. The van der Waals surface area contributed by atoms with Crippen molar-refractivity contribution in [1.82, 2.24) is 15.7 Å². The number of carbonyl (C=O) groups excluding carboxylic acids is 2. The number of fused-ring (bicyclic) bond motifs is 1. The van der Waals surface area contributed by atoms with Crippen LogP contribution in [0.2, 0.25) is 0 Å². The first-order valence-electron chi connectivity index (χ1n) is 12.4. The molecule has 0 aliphatic carbocycles. The number of nitro groups is 1. The molecule has 11 nitrogen and oxygen atoms in total. The maximum absolute atomic E-state index is 13.0. The number of rotatable bonds is 10. The van der Waals surface area contributed by atoms with Crippen molar-refractivity contribution < 1.29 is 23.7 Å². The van der Waals surface area contributed by atoms with Crippen LogP contribution in [0.3, 0.4) is 0 Å². The van der Waals surface area contributed by atoms with Gasteiger partial charge in [-0.15, -0.1) is 0 Å². The number of hydrazone groups is 1. The minimum absolute atomic E-state index is 0.0462. The average Bonchev–Trinajstić information content (AvgIpc) is 3.54. The molecule has 0 radical (unpaired) electrons. The van der Waals surface area contributed by atoms with E-state index in [1.807, 2.05) is 45.0 Å². The summed E-state index contributed by atoms with van der Waals surface area (Å²) in [5.41, 5.74) is 5.55. The van der Waals surface area contributed by atoms with Gasteiger partial charge in [0.25, 0.3) is 11.6 Å². The molecule has 2 heterocycles. The number of aromatic amines is 1. The van der Waals surface area contributed by atoms with Crippen molar-refractivity contribution in [2.24, 2.45) is 11.0 Å². The van der Waals surface area contributed by atoms with Crippen LogP contribution >= 0.6 is 0 Å². The van der Waals surface area contributed by atoms with Gasteiger partial charge in [0.2, 0.25) is 0 Å². The molecule has 0 aliphatic rings. The summed E-state index contributed by atoms with van der Waals surface area (Å²) in [6, 6.07) is 14.5.